The topological polar surface area (TPSA) is 19.4 Å². The molecule has 6 aromatic rings. The van der Waals surface area contributed by atoms with Crippen LogP contribution >= 0.6 is 46.4 Å². The van der Waals surface area contributed by atoms with Gasteiger partial charge in [0.05, 0.1) is 50.7 Å². The van der Waals surface area contributed by atoms with Gasteiger partial charge in [0.25, 0.3) is 0 Å². The Balaban J connectivity index is 0.000000408. The minimum atomic E-state index is -6.00. The Morgan fingerprint density at radius 2 is 0.351 bits per heavy atom. The third-order valence-corrected chi connectivity index (χ3v) is 10.3. The summed E-state index contributed by atoms with van der Waals surface area (Å²) in [5.41, 5.74) is 6.26. The molecule has 0 spiro atoms. The predicted molar refractivity (Wildman–Crippen MR) is 274 cm³/mol. The molecule has 8 rings (SSSR count). The molecular formula is C50H52B2Cl4F14N6Zn. The van der Waals surface area contributed by atoms with Crippen molar-refractivity contribution >= 4 is 60.9 Å². The third-order valence-electron chi connectivity index (χ3n) is 10.3. The molecule has 0 aliphatic carbocycles. The second-order valence-electron chi connectivity index (χ2n) is 16.8. The SMILES string of the molecule is ClCCl.ClCCl.F[B-](F)(F)F.F[B-](F)(F)F.Fc1ccc(CN2CN(Cc3ccc(F)cc3)CN(Cc3ccc(F)cc3)C2)cc1.Fc1ccc(CN2CN(Cc3ccc(F)cc3)CN(Cc3ccc(F)cc3)C2)cc1.[Zn+2]. The zero-order chi connectivity index (χ0) is 56.3. The molecule has 77 heavy (non-hydrogen) atoms. The molecule has 0 aromatic heterocycles. The van der Waals surface area contributed by atoms with E-state index in [4.69, 9.17) is 46.4 Å². The summed E-state index contributed by atoms with van der Waals surface area (Å²) in [5, 5.41) is 0.389. The Hall–Kier alpha value is -3.99. The van der Waals surface area contributed by atoms with Crippen LogP contribution in [-0.2, 0) is 58.7 Å². The van der Waals surface area contributed by atoms with Gasteiger partial charge in [-0.25, -0.2) is 26.3 Å². The molecule has 2 saturated heterocycles. The zero-order valence-corrected chi connectivity index (χ0v) is 47.1. The average Bonchev–Trinajstić information content (AvgIpc) is 3.33. The molecule has 0 unspecified atom stereocenters. The first-order valence-corrected chi connectivity index (χ1v) is 24.8. The van der Waals surface area contributed by atoms with Gasteiger partial charge in [-0.1, -0.05) is 72.8 Å². The van der Waals surface area contributed by atoms with E-state index in [1.165, 1.54) is 72.8 Å². The van der Waals surface area contributed by atoms with Crippen LogP contribution in [0.5, 0.6) is 0 Å². The van der Waals surface area contributed by atoms with E-state index in [1.54, 1.807) is 72.8 Å². The fourth-order valence-corrected chi connectivity index (χ4v) is 7.65. The molecule has 0 N–H and O–H groups in total. The van der Waals surface area contributed by atoms with E-state index in [2.05, 4.69) is 29.4 Å². The van der Waals surface area contributed by atoms with E-state index in [0.717, 1.165) is 73.4 Å². The maximum absolute atomic E-state index is 13.2. The van der Waals surface area contributed by atoms with Crippen molar-refractivity contribution in [2.24, 2.45) is 0 Å². The summed E-state index contributed by atoms with van der Waals surface area (Å²) < 4.78 is 157. The van der Waals surface area contributed by atoms with Crippen LogP contribution in [0.15, 0.2) is 146 Å². The molecule has 2 heterocycles. The van der Waals surface area contributed by atoms with E-state index in [9.17, 15) is 60.9 Å². The number of halogens is 18. The van der Waals surface area contributed by atoms with Gasteiger partial charge >= 0.3 is 34.0 Å². The van der Waals surface area contributed by atoms with E-state index < -0.39 is 14.5 Å². The average molecular weight is 1230 g/mol. The molecule has 0 bridgehead atoms. The van der Waals surface area contributed by atoms with E-state index in [-0.39, 0.29) is 65.1 Å². The molecule has 0 saturated carbocycles. The van der Waals surface area contributed by atoms with Crippen LogP contribution in [0.1, 0.15) is 33.4 Å². The standard InChI is InChI=1S/2C24H24F3N3.2CH2Cl2.2BF4.Zn/c2*25-22-7-1-19(2-8-22)13-28-16-29(14-20-3-9-23(26)10-4-20)18-30(17-28)15-21-5-11-24(27)12-6-21;2*2-1-3;2*2-1(3,4)5;/h2*1-12H,13-18H2;2*1H2;;;/q;;;;2*-1;+2. The maximum atomic E-state index is 13.2. The van der Waals surface area contributed by atoms with E-state index in [0.29, 0.717) is 39.3 Å². The number of benzene rings is 6. The molecule has 416 valence electrons. The van der Waals surface area contributed by atoms with E-state index in [1.807, 2.05) is 0 Å². The first kappa shape index (κ1) is 69.1. The fraction of sp³-hybridized carbons (Fsp3) is 0.280. The first-order valence-electron chi connectivity index (χ1n) is 22.7. The second-order valence-corrected chi connectivity index (χ2v) is 18.4. The summed E-state index contributed by atoms with van der Waals surface area (Å²) in [6.45, 7) is 8.64. The van der Waals surface area contributed by atoms with Gasteiger partial charge < -0.3 is 34.5 Å². The monoisotopic (exact) mass is 1230 g/mol. The van der Waals surface area contributed by atoms with Gasteiger partial charge in [-0.15, -0.1) is 46.4 Å². The van der Waals surface area contributed by atoms with Crippen LogP contribution in [0.3, 0.4) is 0 Å². The van der Waals surface area contributed by atoms with Gasteiger partial charge in [0, 0.05) is 39.3 Å². The van der Waals surface area contributed by atoms with Gasteiger partial charge in [-0.2, -0.15) is 0 Å². The van der Waals surface area contributed by atoms with Crippen molar-refractivity contribution in [3.8, 4) is 0 Å². The summed E-state index contributed by atoms with van der Waals surface area (Å²) in [6.07, 6.45) is 0. The number of hydrogen-bond donors (Lipinski definition) is 0. The van der Waals surface area contributed by atoms with Gasteiger partial charge in [0.1, 0.15) is 34.9 Å². The van der Waals surface area contributed by atoms with Crippen LogP contribution in [-0.4, -0.2) is 94.6 Å². The second kappa shape index (κ2) is 36.3. The Labute approximate surface area is 472 Å². The van der Waals surface area contributed by atoms with Crippen molar-refractivity contribution in [1.82, 2.24) is 29.4 Å². The van der Waals surface area contributed by atoms with Crippen LogP contribution in [0.2, 0.25) is 0 Å². The molecule has 6 aromatic carbocycles. The molecule has 2 aliphatic heterocycles. The van der Waals surface area contributed by atoms with Crippen molar-refractivity contribution in [3.63, 3.8) is 0 Å². The Morgan fingerprint density at radius 3 is 0.442 bits per heavy atom. The maximum Gasteiger partial charge on any atom is 2.00 e. The summed E-state index contributed by atoms with van der Waals surface area (Å²) >= 11 is 19.1. The van der Waals surface area contributed by atoms with Crippen LogP contribution in [0, 0.1) is 34.9 Å². The van der Waals surface area contributed by atoms with Crippen LogP contribution < -0.4 is 0 Å². The van der Waals surface area contributed by atoms with Gasteiger partial charge in [0.2, 0.25) is 0 Å². The van der Waals surface area contributed by atoms with Gasteiger partial charge in [-0.3, -0.25) is 29.4 Å². The number of rotatable bonds is 12. The molecular weight excluding hydrogens is 1180 g/mol. The van der Waals surface area contributed by atoms with Gasteiger partial charge in [0.15, 0.2) is 0 Å². The minimum absolute atomic E-state index is 0. The van der Waals surface area contributed by atoms with Gasteiger partial charge in [-0.05, 0) is 106 Å². The van der Waals surface area contributed by atoms with Crippen molar-refractivity contribution in [1.29, 1.82) is 0 Å². The molecule has 2 fully saturated rings. The summed E-state index contributed by atoms with van der Waals surface area (Å²) in [6, 6.07) is 39.4. The minimum Gasteiger partial charge on any atom is -0.418 e. The molecule has 27 heteroatoms. The quantitative estimate of drug-likeness (QED) is 0.0686. The number of hydrogen-bond acceptors (Lipinski definition) is 6. The number of alkyl halides is 4. The van der Waals surface area contributed by atoms with Crippen molar-refractivity contribution < 1.29 is 80.3 Å². The smallest absolute Gasteiger partial charge is 0.418 e. The van der Waals surface area contributed by atoms with Crippen molar-refractivity contribution in [3.05, 3.63) is 214 Å². The normalized spacial score (nSPS) is 14.6. The molecule has 0 atom stereocenters. The van der Waals surface area contributed by atoms with E-state index >= 15 is 0 Å². The largest absolute Gasteiger partial charge is 2.00 e. The number of nitrogens with zero attached hydrogens (tertiary/aromatic N) is 6. The Morgan fingerprint density at radius 1 is 0.260 bits per heavy atom. The summed E-state index contributed by atoms with van der Waals surface area (Å²) in [5.74, 6) is -1.45. The molecule has 6 nitrogen and oxygen atoms in total. The molecule has 0 amide bonds. The van der Waals surface area contributed by atoms with Crippen LogP contribution in [0.25, 0.3) is 0 Å². The molecule has 2 aliphatic rings. The zero-order valence-electron chi connectivity index (χ0n) is 41.1. The Bertz CT molecular complexity index is 2050. The summed E-state index contributed by atoms with van der Waals surface area (Å²) in [7, 11) is -12.0. The molecule has 0 radical (unpaired) electrons. The third kappa shape index (κ3) is 32.6. The van der Waals surface area contributed by atoms with Crippen molar-refractivity contribution in [2.75, 3.05) is 50.7 Å². The first-order chi connectivity index (χ1) is 35.9. The summed E-state index contributed by atoms with van der Waals surface area (Å²) in [4.78, 5) is 13.7. The fourth-order valence-electron chi connectivity index (χ4n) is 7.65. The Kier molecular flexibility index (Phi) is 32.6. The van der Waals surface area contributed by atoms with Crippen LogP contribution in [0.4, 0.5) is 60.9 Å². The van der Waals surface area contributed by atoms with Crippen molar-refractivity contribution in [2.45, 2.75) is 39.3 Å². The predicted octanol–water partition coefficient (Wildman–Crippen LogP) is 15.0.